The molecule has 168 valence electrons. The summed E-state index contributed by atoms with van der Waals surface area (Å²) in [6.45, 7) is 3.49. The number of carbonyl (C=O) groups is 1. The van der Waals surface area contributed by atoms with E-state index < -0.39 is 16.9 Å². The molecule has 0 amide bonds. The van der Waals surface area contributed by atoms with E-state index in [0.29, 0.717) is 20.6 Å². The molecular weight excluding hydrogens is 510 g/mol. The average Bonchev–Trinajstić information content (AvgIpc) is 3.09. The highest BCUT2D eigenvalue weighted by Crippen LogP contribution is 2.33. The van der Waals surface area contributed by atoms with Gasteiger partial charge in [0, 0.05) is 22.3 Å². The van der Waals surface area contributed by atoms with E-state index >= 15 is 0 Å². The van der Waals surface area contributed by atoms with Crippen molar-refractivity contribution in [3.05, 3.63) is 99.5 Å². The average molecular weight is 528 g/mol. The van der Waals surface area contributed by atoms with E-state index in [0.717, 1.165) is 10.0 Å². The van der Waals surface area contributed by atoms with E-state index in [1.807, 2.05) is 24.3 Å². The van der Waals surface area contributed by atoms with Crippen LogP contribution in [0, 0.1) is 10.1 Å². The van der Waals surface area contributed by atoms with Gasteiger partial charge in [-0.1, -0.05) is 51.5 Å². The number of esters is 1. The van der Waals surface area contributed by atoms with Crippen molar-refractivity contribution in [2.24, 2.45) is 4.99 Å². The van der Waals surface area contributed by atoms with Crippen molar-refractivity contribution in [1.82, 2.24) is 4.57 Å². The van der Waals surface area contributed by atoms with Gasteiger partial charge in [-0.25, -0.2) is 9.79 Å². The van der Waals surface area contributed by atoms with E-state index in [1.54, 1.807) is 32.1 Å². The third-order valence-corrected chi connectivity index (χ3v) is 6.56. The molecule has 3 aromatic rings. The van der Waals surface area contributed by atoms with Crippen molar-refractivity contribution in [3.8, 4) is 0 Å². The zero-order valence-corrected chi connectivity index (χ0v) is 20.1. The minimum absolute atomic E-state index is 0.110. The molecule has 8 nitrogen and oxygen atoms in total. The van der Waals surface area contributed by atoms with E-state index in [-0.39, 0.29) is 23.4 Å². The lowest BCUT2D eigenvalue weighted by atomic mass is 9.96. The number of thiazole rings is 1. The van der Waals surface area contributed by atoms with Gasteiger partial charge >= 0.3 is 5.97 Å². The number of allylic oxidation sites excluding steroid dienone is 1. The highest BCUT2D eigenvalue weighted by atomic mass is 79.9. The van der Waals surface area contributed by atoms with Gasteiger partial charge in [-0.05, 0) is 43.2 Å². The number of hydrogen-bond donors (Lipinski definition) is 0. The van der Waals surface area contributed by atoms with E-state index in [4.69, 9.17) is 4.74 Å². The van der Waals surface area contributed by atoms with Gasteiger partial charge in [0.2, 0.25) is 0 Å². The molecule has 0 saturated carbocycles. The topological polar surface area (TPSA) is 104 Å². The molecule has 0 N–H and O–H groups in total. The number of fused-ring (bicyclic) bond motifs is 1. The lowest BCUT2D eigenvalue weighted by Crippen LogP contribution is -2.35. The van der Waals surface area contributed by atoms with Crippen molar-refractivity contribution >= 4 is 50.7 Å². The zero-order valence-electron chi connectivity index (χ0n) is 17.6. The number of carbonyl (C=O) groups excluding carboxylic acids is 1. The van der Waals surface area contributed by atoms with Crippen LogP contribution in [0.4, 0.5) is 5.69 Å². The van der Waals surface area contributed by atoms with Crippen LogP contribution in [0.25, 0.3) is 11.8 Å². The zero-order chi connectivity index (χ0) is 23.7. The largest absolute Gasteiger partial charge is 0.463 e. The number of benzene rings is 2. The maximum atomic E-state index is 13.2. The molecule has 10 heteroatoms. The number of non-ortho nitro benzene ring substituents is 1. The summed E-state index contributed by atoms with van der Waals surface area (Å²) in [6, 6.07) is 12.7. The Morgan fingerprint density at radius 1 is 1.30 bits per heavy atom. The number of rotatable bonds is 5. The van der Waals surface area contributed by atoms with Crippen LogP contribution >= 0.6 is 27.3 Å². The first-order valence-corrected chi connectivity index (χ1v) is 11.6. The van der Waals surface area contributed by atoms with Gasteiger partial charge < -0.3 is 4.74 Å². The van der Waals surface area contributed by atoms with Crippen LogP contribution in [0.15, 0.2) is 68.4 Å². The Morgan fingerprint density at radius 2 is 2.06 bits per heavy atom. The molecule has 2 heterocycles. The van der Waals surface area contributed by atoms with Crippen LogP contribution in [0.1, 0.15) is 31.0 Å². The molecule has 0 radical (unpaired) electrons. The third-order valence-electron chi connectivity index (χ3n) is 5.08. The summed E-state index contributed by atoms with van der Waals surface area (Å²) in [6.07, 6.45) is 1.76. The third kappa shape index (κ3) is 4.44. The Hall–Kier alpha value is -3.37. The van der Waals surface area contributed by atoms with Gasteiger partial charge in [-0.15, -0.1) is 0 Å². The van der Waals surface area contributed by atoms with Gasteiger partial charge in [-0.3, -0.25) is 19.5 Å². The Morgan fingerprint density at radius 3 is 2.76 bits per heavy atom. The fourth-order valence-electron chi connectivity index (χ4n) is 3.61. The molecule has 0 aliphatic carbocycles. The molecule has 0 bridgehead atoms. The smallest absolute Gasteiger partial charge is 0.338 e. The van der Waals surface area contributed by atoms with Crippen molar-refractivity contribution in [2.45, 2.75) is 19.9 Å². The lowest BCUT2D eigenvalue weighted by Gasteiger charge is -2.22. The second-order valence-electron chi connectivity index (χ2n) is 7.19. The fraction of sp³-hybridized carbons (Fsp3) is 0.174. The highest BCUT2D eigenvalue weighted by Gasteiger charge is 2.32. The SMILES string of the molecule is CCOC(=O)C1=C(C)n2c(s/c(=C\c3cccc(Br)c3)c2=O)=N[C@H]1c1cccc([N+](=O)[O-])c1. The van der Waals surface area contributed by atoms with E-state index in [2.05, 4.69) is 20.9 Å². The van der Waals surface area contributed by atoms with Gasteiger partial charge in [0.1, 0.15) is 6.04 Å². The summed E-state index contributed by atoms with van der Waals surface area (Å²) < 4.78 is 7.97. The number of ether oxygens (including phenoxy) is 1. The number of nitro benzene ring substituents is 1. The molecule has 1 aliphatic heterocycles. The van der Waals surface area contributed by atoms with Gasteiger partial charge in [0.05, 0.1) is 21.6 Å². The lowest BCUT2D eigenvalue weighted by molar-refractivity contribution is -0.384. The summed E-state index contributed by atoms with van der Waals surface area (Å²) in [5.41, 5.74) is 1.47. The van der Waals surface area contributed by atoms with Crippen molar-refractivity contribution in [2.75, 3.05) is 6.61 Å². The number of hydrogen-bond acceptors (Lipinski definition) is 7. The second-order valence-corrected chi connectivity index (χ2v) is 9.12. The summed E-state index contributed by atoms with van der Waals surface area (Å²) in [7, 11) is 0. The van der Waals surface area contributed by atoms with Crippen LogP contribution in [-0.4, -0.2) is 22.1 Å². The Labute approximate surface area is 200 Å². The molecule has 0 unspecified atom stereocenters. The first kappa shape index (κ1) is 22.8. The molecular formula is C23H18BrN3O5S. The molecule has 1 atom stereocenters. The quantitative estimate of drug-likeness (QED) is 0.286. The van der Waals surface area contributed by atoms with Gasteiger partial charge in [0.15, 0.2) is 4.80 Å². The molecule has 2 aromatic carbocycles. The van der Waals surface area contributed by atoms with E-state index in [1.165, 1.54) is 28.0 Å². The summed E-state index contributed by atoms with van der Waals surface area (Å²) in [5.74, 6) is -0.614. The normalized spacial score (nSPS) is 15.7. The number of nitro groups is 1. The first-order chi connectivity index (χ1) is 15.8. The highest BCUT2D eigenvalue weighted by molar-refractivity contribution is 9.10. The minimum Gasteiger partial charge on any atom is -0.463 e. The number of nitrogens with zero attached hydrogens (tertiary/aromatic N) is 3. The van der Waals surface area contributed by atoms with Gasteiger partial charge in [-0.2, -0.15) is 0 Å². The molecule has 33 heavy (non-hydrogen) atoms. The molecule has 1 aliphatic rings. The van der Waals surface area contributed by atoms with Crippen LogP contribution in [0.3, 0.4) is 0 Å². The van der Waals surface area contributed by atoms with Crippen LogP contribution in [-0.2, 0) is 9.53 Å². The summed E-state index contributed by atoms with van der Waals surface area (Å²) in [4.78, 5) is 41.9. The van der Waals surface area contributed by atoms with Crippen LogP contribution in [0.5, 0.6) is 0 Å². The number of aromatic nitrogens is 1. The molecule has 0 spiro atoms. The predicted octanol–water partition coefficient (Wildman–Crippen LogP) is 3.58. The molecule has 1 aromatic heterocycles. The monoisotopic (exact) mass is 527 g/mol. The summed E-state index contributed by atoms with van der Waals surface area (Å²) in [5, 5.41) is 11.3. The molecule has 4 rings (SSSR count). The summed E-state index contributed by atoms with van der Waals surface area (Å²) >= 11 is 4.62. The minimum atomic E-state index is -0.833. The Kier molecular flexibility index (Phi) is 6.39. The van der Waals surface area contributed by atoms with Crippen LogP contribution in [0.2, 0.25) is 0 Å². The maximum absolute atomic E-state index is 13.2. The van der Waals surface area contributed by atoms with E-state index in [9.17, 15) is 19.7 Å². The second kappa shape index (κ2) is 9.24. The maximum Gasteiger partial charge on any atom is 0.338 e. The van der Waals surface area contributed by atoms with Gasteiger partial charge in [0.25, 0.3) is 11.2 Å². The van der Waals surface area contributed by atoms with Crippen molar-refractivity contribution in [1.29, 1.82) is 0 Å². The Balaban J connectivity index is 1.96. The van der Waals surface area contributed by atoms with Crippen LogP contribution < -0.4 is 14.9 Å². The standard InChI is InChI=1S/C23H18BrN3O5S/c1-3-32-22(29)19-13(2)26-21(28)18(11-14-6-4-8-16(24)10-14)33-23(26)25-20(19)15-7-5-9-17(12-15)27(30)31/h4-12,20H,3H2,1-2H3/b18-11-/t20-/m0/s1. The predicted molar refractivity (Wildman–Crippen MR) is 128 cm³/mol. The van der Waals surface area contributed by atoms with Crippen molar-refractivity contribution in [3.63, 3.8) is 0 Å². The molecule has 0 fully saturated rings. The number of halogens is 1. The Bertz CT molecular complexity index is 1490. The fourth-order valence-corrected chi connectivity index (χ4v) is 5.07. The van der Waals surface area contributed by atoms with Crippen molar-refractivity contribution < 1.29 is 14.5 Å². The first-order valence-electron chi connectivity index (χ1n) is 9.99. The molecule has 0 saturated heterocycles.